The molecule has 0 unspecified atom stereocenters. The zero-order valence-corrected chi connectivity index (χ0v) is 20.1. The number of ether oxygens (including phenoxy) is 2. The molecule has 9 heteroatoms. The van der Waals surface area contributed by atoms with E-state index in [9.17, 15) is 14.4 Å². The van der Waals surface area contributed by atoms with Crippen molar-refractivity contribution >= 4 is 39.9 Å². The van der Waals surface area contributed by atoms with Gasteiger partial charge in [0, 0.05) is 15.6 Å². The molecule has 0 radical (unpaired) electrons. The first-order valence-corrected chi connectivity index (χ1v) is 11.0. The van der Waals surface area contributed by atoms with Crippen molar-refractivity contribution in [3.8, 4) is 11.5 Å². The summed E-state index contributed by atoms with van der Waals surface area (Å²) in [5.41, 5.74) is 4.56. The van der Waals surface area contributed by atoms with Gasteiger partial charge >= 0.3 is 5.97 Å². The van der Waals surface area contributed by atoms with Crippen molar-refractivity contribution in [1.82, 2.24) is 10.7 Å². The second-order valence-electron chi connectivity index (χ2n) is 7.15. The molecule has 2 amide bonds. The molecular formula is C25H22BrN3O5. The molecule has 0 bridgehead atoms. The Labute approximate surface area is 205 Å². The number of amides is 2. The maximum Gasteiger partial charge on any atom is 0.343 e. The predicted molar refractivity (Wildman–Crippen MR) is 131 cm³/mol. The fourth-order valence-corrected chi connectivity index (χ4v) is 3.24. The predicted octanol–water partition coefficient (Wildman–Crippen LogP) is 3.87. The molecule has 0 aliphatic rings. The van der Waals surface area contributed by atoms with E-state index in [1.165, 1.54) is 13.3 Å². The first-order valence-electron chi connectivity index (χ1n) is 10.2. The molecule has 0 spiro atoms. The van der Waals surface area contributed by atoms with E-state index >= 15 is 0 Å². The van der Waals surface area contributed by atoms with Crippen molar-refractivity contribution in [1.29, 1.82) is 0 Å². The van der Waals surface area contributed by atoms with Gasteiger partial charge in [0.2, 0.25) is 0 Å². The van der Waals surface area contributed by atoms with Crippen LogP contribution in [-0.4, -0.2) is 37.7 Å². The lowest BCUT2D eigenvalue weighted by molar-refractivity contribution is -0.120. The van der Waals surface area contributed by atoms with Crippen LogP contribution in [0.1, 0.15) is 31.8 Å². The summed E-state index contributed by atoms with van der Waals surface area (Å²) in [6, 6.07) is 18.6. The van der Waals surface area contributed by atoms with Crippen molar-refractivity contribution in [3.05, 3.63) is 93.5 Å². The summed E-state index contributed by atoms with van der Waals surface area (Å²) in [7, 11) is 1.54. The minimum Gasteiger partial charge on any atom is -0.497 e. The molecule has 3 aromatic rings. The minimum absolute atomic E-state index is 0.248. The lowest BCUT2D eigenvalue weighted by Crippen LogP contribution is -2.34. The maximum absolute atomic E-state index is 12.5. The third-order valence-electron chi connectivity index (χ3n) is 4.58. The Kier molecular flexibility index (Phi) is 8.53. The van der Waals surface area contributed by atoms with Gasteiger partial charge in [-0.1, -0.05) is 33.6 Å². The summed E-state index contributed by atoms with van der Waals surface area (Å²) >= 11 is 3.36. The Balaban J connectivity index is 1.59. The number of hydrogen-bond acceptors (Lipinski definition) is 6. The minimum atomic E-state index is -0.553. The summed E-state index contributed by atoms with van der Waals surface area (Å²) in [5.74, 6) is -0.539. The van der Waals surface area contributed by atoms with E-state index in [0.717, 1.165) is 10.0 Å². The number of nitrogens with zero attached hydrogens (tertiary/aromatic N) is 1. The Bertz CT molecular complexity index is 1230. The second kappa shape index (κ2) is 11.8. The van der Waals surface area contributed by atoms with Gasteiger partial charge in [-0.2, -0.15) is 5.10 Å². The van der Waals surface area contributed by atoms with Crippen molar-refractivity contribution in [2.75, 3.05) is 13.7 Å². The topological polar surface area (TPSA) is 106 Å². The van der Waals surface area contributed by atoms with E-state index in [-0.39, 0.29) is 18.2 Å². The van der Waals surface area contributed by atoms with E-state index in [2.05, 4.69) is 31.8 Å². The number of carbonyl (C=O) groups is 3. The number of carbonyl (C=O) groups excluding carboxylic acids is 3. The molecule has 0 saturated heterocycles. The first kappa shape index (κ1) is 24.7. The van der Waals surface area contributed by atoms with Crippen molar-refractivity contribution in [3.63, 3.8) is 0 Å². The van der Waals surface area contributed by atoms with Crippen molar-refractivity contribution in [2.45, 2.75) is 6.92 Å². The Morgan fingerprint density at radius 2 is 1.76 bits per heavy atom. The number of hydrogen-bond donors (Lipinski definition) is 2. The van der Waals surface area contributed by atoms with Crippen LogP contribution in [0.4, 0.5) is 0 Å². The van der Waals surface area contributed by atoms with Gasteiger partial charge in [0.1, 0.15) is 11.5 Å². The van der Waals surface area contributed by atoms with Gasteiger partial charge in [-0.05, 0) is 61.5 Å². The van der Waals surface area contributed by atoms with Crippen LogP contribution >= 0.6 is 15.9 Å². The third kappa shape index (κ3) is 7.01. The number of methoxy groups -OCH3 is 1. The molecule has 0 aliphatic heterocycles. The van der Waals surface area contributed by atoms with Crippen LogP contribution in [-0.2, 0) is 4.79 Å². The first-order chi connectivity index (χ1) is 16.4. The molecule has 2 N–H and O–H groups in total. The molecule has 174 valence electrons. The molecule has 0 fully saturated rings. The molecule has 3 aromatic carbocycles. The van der Waals surface area contributed by atoms with Gasteiger partial charge in [0.25, 0.3) is 11.8 Å². The SMILES string of the molecule is COc1ccc(C(=O)Oc2ccc(Br)cc2/C=N/NC(=O)CNC(=O)c2cccc(C)c2)cc1. The second-order valence-corrected chi connectivity index (χ2v) is 8.06. The van der Waals surface area contributed by atoms with E-state index in [1.54, 1.807) is 60.7 Å². The van der Waals surface area contributed by atoms with Gasteiger partial charge in [-0.25, -0.2) is 10.2 Å². The molecular weight excluding hydrogens is 502 g/mol. The fraction of sp³-hybridized carbons (Fsp3) is 0.120. The van der Waals surface area contributed by atoms with Crippen LogP contribution in [0.15, 0.2) is 76.3 Å². The van der Waals surface area contributed by atoms with Crippen molar-refractivity contribution < 1.29 is 23.9 Å². The fourth-order valence-electron chi connectivity index (χ4n) is 2.86. The monoisotopic (exact) mass is 523 g/mol. The zero-order chi connectivity index (χ0) is 24.5. The number of esters is 1. The average Bonchev–Trinajstić information content (AvgIpc) is 2.84. The number of hydrazone groups is 1. The highest BCUT2D eigenvalue weighted by molar-refractivity contribution is 9.10. The van der Waals surface area contributed by atoms with E-state index in [4.69, 9.17) is 9.47 Å². The van der Waals surface area contributed by atoms with Gasteiger partial charge < -0.3 is 14.8 Å². The smallest absolute Gasteiger partial charge is 0.343 e. The Morgan fingerprint density at radius 3 is 2.47 bits per heavy atom. The van der Waals surface area contributed by atoms with Crippen LogP contribution in [0.3, 0.4) is 0 Å². The van der Waals surface area contributed by atoms with Gasteiger partial charge in [-0.15, -0.1) is 0 Å². The largest absolute Gasteiger partial charge is 0.497 e. The number of halogens is 1. The number of aryl methyl sites for hydroxylation is 1. The van der Waals surface area contributed by atoms with Crippen LogP contribution in [0.2, 0.25) is 0 Å². The van der Waals surface area contributed by atoms with Gasteiger partial charge in [0.05, 0.1) is 25.4 Å². The van der Waals surface area contributed by atoms with Crippen molar-refractivity contribution in [2.24, 2.45) is 5.10 Å². The molecule has 0 heterocycles. The summed E-state index contributed by atoms with van der Waals surface area (Å²) in [4.78, 5) is 36.7. The molecule has 8 nitrogen and oxygen atoms in total. The molecule has 0 atom stereocenters. The summed E-state index contributed by atoms with van der Waals surface area (Å²) in [5, 5.41) is 6.44. The van der Waals surface area contributed by atoms with E-state index in [1.807, 2.05) is 13.0 Å². The standard InChI is InChI=1S/C25H22BrN3O5/c1-16-4-3-5-18(12-16)24(31)27-15-23(30)29-28-14-19-13-20(26)8-11-22(19)34-25(32)17-6-9-21(33-2)10-7-17/h3-14H,15H2,1-2H3,(H,27,31)(H,29,30)/b28-14+. The molecule has 0 aliphatic carbocycles. The highest BCUT2D eigenvalue weighted by Crippen LogP contribution is 2.23. The average molecular weight is 524 g/mol. The summed E-state index contributed by atoms with van der Waals surface area (Å²) in [6.45, 7) is 1.63. The summed E-state index contributed by atoms with van der Waals surface area (Å²) in [6.07, 6.45) is 1.35. The molecule has 3 rings (SSSR count). The highest BCUT2D eigenvalue weighted by Gasteiger charge is 2.12. The number of nitrogens with one attached hydrogen (secondary N) is 2. The van der Waals surface area contributed by atoms with Crippen LogP contribution in [0.5, 0.6) is 11.5 Å². The van der Waals surface area contributed by atoms with Crippen LogP contribution in [0.25, 0.3) is 0 Å². The van der Waals surface area contributed by atoms with Gasteiger partial charge in [0.15, 0.2) is 0 Å². The van der Waals surface area contributed by atoms with Crippen LogP contribution in [0, 0.1) is 6.92 Å². The number of rotatable bonds is 8. The quantitative estimate of drug-likeness (QED) is 0.202. The lowest BCUT2D eigenvalue weighted by Gasteiger charge is -2.09. The third-order valence-corrected chi connectivity index (χ3v) is 5.08. The zero-order valence-electron chi connectivity index (χ0n) is 18.5. The Morgan fingerprint density at radius 1 is 1.00 bits per heavy atom. The normalized spacial score (nSPS) is 10.6. The lowest BCUT2D eigenvalue weighted by atomic mass is 10.1. The number of benzene rings is 3. The molecule has 34 heavy (non-hydrogen) atoms. The van der Waals surface area contributed by atoms with E-state index < -0.39 is 11.9 Å². The molecule has 0 aromatic heterocycles. The highest BCUT2D eigenvalue weighted by atomic mass is 79.9. The van der Waals surface area contributed by atoms with Gasteiger partial charge in [-0.3, -0.25) is 9.59 Å². The Hall–Kier alpha value is -3.98. The van der Waals surface area contributed by atoms with Crippen LogP contribution < -0.4 is 20.2 Å². The molecule has 0 saturated carbocycles. The maximum atomic E-state index is 12.5. The van der Waals surface area contributed by atoms with E-state index in [0.29, 0.717) is 22.4 Å². The summed E-state index contributed by atoms with van der Waals surface area (Å²) < 4.78 is 11.3.